The largest absolute Gasteiger partial charge is 0.463 e. The van der Waals surface area contributed by atoms with Gasteiger partial charge in [-0.25, -0.2) is 4.79 Å². The lowest BCUT2D eigenvalue weighted by Crippen LogP contribution is -2.53. The molecule has 0 spiro atoms. The maximum Gasteiger partial charge on any atom is 0.407 e. The Kier molecular flexibility index (Phi) is 8.84. The van der Waals surface area contributed by atoms with Crippen molar-refractivity contribution in [1.29, 1.82) is 0 Å². The Morgan fingerprint density at radius 3 is 2.63 bits per heavy atom. The van der Waals surface area contributed by atoms with Crippen LogP contribution in [-0.4, -0.2) is 72.6 Å². The molecule has 192 valence electrons. The Bertz CT molecular complexity index is 963. The van der Waals surface area contributed by atoms with Crippen LogP contribution in [0.15, 0.2) is 18.2 Å². The predicted molar refractivity (Wildman–Crippen MR) is 125 cm³/mol. The summed E-state index contributed by atoms with van der Waals surface area (Å²) in [5.41, 5.74) is -0.317. The number of esters is 1. The number of nitrogens with one attached hydrogen (secondary N) is 2. The van der Waals surface area contributed by atoms with Gasteiger partial charge < -0.3 is 34.3 Å². The molecule has 3 atom stereocenters. The molecule has 1 unspecified atom stereocenters. The summed E-state index contributed by atoms with van der Waals surface area (Å²) in [5, 5.41) is 4.91. The van der Waals surface area contributed by atoms with E-state index in [-0.39, 0.29) is 36.4 Å². The van der Waals surface area contributed by atoms with Gasteiger partial charge in [0.2, 0.25) is 6.79 Å². The van der Waals surface area contributed by atoms with Crippen LogP contribution in [0.2, 0.25) is 0 Å². The molecule has 3 rings (SSSR count). The average molecular weight is 511 g/mol. The monoisotopic (exact) mass is 510 g/mol. The highest BCUT2D eigenvalue weighted by Gasteiger charge is 2.38. The van der Waals surface area contributed by atoms with Crippen LogP contribution in [0.25, 0.3) is 0 Å². The molecule has 2 N–H and O–H groups in total. The van der Waals surface area contributed by atoms with Gasteiger partial charge in [-0.05, 0) is 39.0 Å². The second kappa shape index (κ2) is 11.6. The maximum atomic E-state index is 12.7. The minimum atomic E-state index is -1.19. The van der Waals surface area contributed by atoms with Crippen molar-refractivity contribution in [2.24, 2.45) is 0 Å². The highest BCUT2D eigenvalue weighted by Crippen LogP contribution is 2.33. The van der Waals surface area contributed by atoms with Crippen molar-refractivity contribution in [2.45, 2.75) is 57.3 Å². The van der Waals surface area contributed by atoms with E-state index in [2.05, 4.69) is 10.6 Å². The first-order valence-corrected chi connectivity index (χ1v) is 12.2. The van der Waals surface area contributed by atoms with Crippen molar-refractivity contribution in [1.82, 2.24) is 10.6 Å². The van der Waals surface area contributed by atoms with Crippen molar-refractivity contribution < 1.29 is 42.9 Å². The molecule has 2 aliphatic heterocycles. The van der Waals surface area contributed by atoms with E-state index in [9.17, 15) is 19.2 Å². The quantitative estimate of drug-likeness (QED) is 0.394. The van der Waals surface area contributed by atoms with E-state index in [1.165, 1.54) is 24.8 Å². The lowest BCUT2D eigenvalue weighted by Gasteiger charge is -2.35. The standard InChI is InChI=1S/C23H30N2O9S/c1-13(26)30-11-18-19(35-8-7-24-22(29)34-23(2,3)4)10-15(27)21(33-18)25-20(28)14-5-6-16-17(9-14)32-12-31-16/h5-6,9,18-19,21H,7-8,10-12H2,1-4H3,(H,24,29)(H,25,28)/t18-,19?,21-/m1/s1. The Labute approximate surface area is 207 Å². The summed E-state index contributed by atoms with van der Waals surface area (Å²) >= 11 is 1.40. The summed E-state index contributed by atoms with van der Waals surface area (Å²) in [7, 11) is 0. The van der Waals surface area contributed by atoms with Gasteiger partial charge in [-0.1, -0.05) is 0 Å². The van der Waals surface area contributed by atoms with Crippen molar-refractivity contribution in [3.05, 3.63) is 23.8 Å². The van der Waals surface area contributed by atoms with Crippen LogP contribution in [0, 0.1) is 0 Å². The molecule has 0 aromatic heterocycles. The third kappa shape index (κ3) is 8.03. The second-order valence-electron chi connectivity index (χ2n) is 8.91. The Balaban J connectivity index is 1.55. The highest BCUT2D eigenvalue weighted by atomic mass is 32.2. The fourth-order valence-electron chi connectivity index (χ4n) is 3.32. The van der Waals surface area contributed by atoms with Gasteiger partial charge in [0, 0.05) is 36.5 Å². The van der Waals surface area contributed by atoms with Gasteiger partial charge in [0.1, 0.15) is 18.3 Å². The van der Waals surface area contributed by atoms with Gasteiger partial charge in [0.25, 0.3) is 5.91 Å². The smallest absolute Gasteiger partial charge is 0.407 e. The van der Waals surface area contributed by atoms with E-state index >= 15 is 0 Å². The number of ketones is 1. The van der Waals surface area contributed by atoms with Crippen LogP contribution in [0.3, 0.4) is 0 Å². The number of hydrogen-bond donors (Lipinski definition) is 2. The number of Topliss-reactive ketones (excluding diaryl/α,β-unsaturated/α-hetero) is 1. The van der Waals surface area contributed by atoms with E-state index < -0.39 is 35.9 Å². The fraction of sp³-hybridized carbons (Fsp3) is 0.565. The first kappa shape index (κ1) is 26.6. The zero-order valence-electron chi connectivity index (χ0n) is 20.1. The van der Waals surface area contributed by atoms with E-state index in [1.807, 2.05) is 0 Å². The third-order valence-corrected chi connectivity index (χ3v) is 6.21. The number of rotatable bonds is 8. The molecule has 0 bridgehead atoms. The topological polar surface area (TPSA) is 138 Å². The number of carbonyl (C=O) groups is 4. The summed E-state index contributed by atoms with van der Waals surface area (Å²) in [5.74, 6) is 0.149. The Hall–Kier alpha value is -2.99. The normalized spacial score (nSPS) is 21.3. The van der Waals surface area contributed by atoms with Crippen molar-refractivity contribution in [3.8, 4) is 11.5 Å². The van der Waals surface area contributed by atoms with Crippen molar-refractivity contribution in [3.63, 3.8) is 0 Å². The summed E-state index contributed by atoms with van der Waals surface area (Å²) in [6, 6.07) is 4.70. The van der Waals surface area contributed by atoms with Crippen molar-refractivity contribution in [2.75, 3.05) is 25.7 Å². The molecule has 2 heterocycles. The van der Waals surface area contributed by atoms with Crippen LogP contribution in [-0.2, 0) is 23.8 Å². The summed E-state index contributed by atoms with van der Waals surface area (Å²) in [4.78, 5) is 48.6. The molecule has 2 aliphatic rings. The van der Waals surface area contributed by atoms with E-state index in [1.54, 1.807) is 32.9 Å². The molecule has 0 saturated carbocycles. The average Bonchev–Trinajstić information content (AvgIpc) is 3.24. The zero-order valence-corrected chi connectivity index (χ0v) is 20.9. The molecule has 2 amide bonds. The van der Waals surface area contributed by atoms with Crippen LogP contribution in [0.4, 0.5) is 4.79 Å². The van der Waals surface area contributed by atoms with Gasteiger partial charge in [-0.15, -0.1) is 0 Å². The lowest BCUT2D eigenvalue weighted by molar-refractivity contribution is -0.156. The first-order chi connectivity index (χ1) is 16.5. The third-order valence-electron chi connectivity index (χ3n) is 4.87. The molecule has 0 radical (unpaired) electrons. The van der Waals surface area contributed by atoms with Crippen LogP contribution >= 0.6 is 11.8 Å². The lowest BCUT2D eigenvalue weighted by atomic mass is 10.1. The molecule has 11 nitrogen and oxygen atoms in total. The number of benzene rings is 1. The molecule has 1 aromatic rings. The number of fused-ring (bicyclic) bond motifs is 1. The Morgan fingerprint density at radius 1 is 1.17 bits per heavy atom. The minimum absolute atomic E-state index is 0.0732. The van der Waals surface area contributed by atoms with Crippen LogP contribution < -0.4 is 20.1 Å². The zero-order chi connectivity index (χ0) is 25.6. The van der Waals surface area contributed by atoms with Gasteiger partial charge in [0.05, 0.1) is 0 Å². The minimum Gasteiger partial charge on any atom is -0.463 e. The van der Waals surface area contributed by atoms with E-state index in [0.29, 0.717) is 23.8 Å². The van der Waals surface area contributed by atoms with Gasteiger partial charge >= 0.3 is 12.1 Å². The predicted octanol–water partition coefficient (Wildman–Crippen LogP) is 2.02. The van der Waals surface area contributed by atoms with Crippen molar-refractivity contribution >= 4 is 35.5 Å². The maximum absolute atomic E-state index is 12.7. The van der Waals surface area contributed by atoms with E-state index in [0.717, 1.165) is 0 Å². The molecule has 35 heavy (non-hydrogen) atoms. The van der Waals surface area contributed by atoms with Gasteiger partial charge in [-0.3, -0.25) is 14.4 Å². The molecule has 1 fully saturated rings. The summed E-state index contributed by atoms with van der Waals surface area (Å²) < 4.78 is 26.7. The highest BCUT2D eigenvalue weighted by molar-refractivity contribution is 8.00. The van der Waals surface area contributed by atoms with E-state index in [4.69, 9.17) is 23.7 Å². The van der Waals surface area contributed by atoms with Crippen LogP contribution in [0.1, 0.15) is 44.5 Å². The molecular weight excluding hydrogens is 480 g/mol. The number of thioether (sulfide) groups is 1. The van der Waals surface area contributed by atoms with Gasteiger partial charge in [0.15, 0.2) is 23.5 Å². The number of ether oxygens (including phenoxy) is 5. The molecule has 0 aliphatic carbocycles. The summed E-state index contributed by atoms with van der Waals surface area (Å²) in [6.07, 6.45) is -2.26. The first-order valence-electron chi connectivity index (χ1n) is 11.1. The molecule has 1 aromatic carbocycles. The SMILES string of the molecule is CC(=O)OC[C@H]1O[C@@H](NC(=O)c2ccc3c(c2)OCO3)C(=O)CC1SCCNC(=O)OC(C)(C)C. The molecular formula is C23H30N2O9S. The Morgan fingerprint density at radius 2 is 1.91 bits per heavy atom. The number of alkyl carbamates (subject to hydrolysis) is 1. The second-order valence-corrected chi connectivity index (χ2v) is 10.3. The fourth-order valence-corrected chi connectivity index (χ4v) is 4.48. The molecule has 12 heteroatoms. The molecule has 1 saturated heterocycles. The summed E-state index contributed by atoms with van der Waals surface area (Å²) in [6.45, 7) is 6.91. The van der Waals surface area contributed by atoms with Crippen LogP contribution in [0.5, 0.6) is 11.5 Å². The number of hydrogen-bond acceptors (Lipinski definition) is 10. The van der Waals surface area contributed by atoms with Gasteiger partial charge in [-0.2, -0.15) is 11.8 Å². The number of amides is 2. The number of carbonyl (C=O) groups excluding carboxylic acids is 4.